The third-order valence-electron chi connectivity index (χ3n) is 3.98. The average Bonchev–Trinajstić information content (AvgIpc) is 2.65. The van der Waals surface area contributed by atoms with Gasteiger partial charge in [-0.1, -0.05) is 36.4 Å². The highest BCUT2D eigenvalue weighted by Gasteiger charge is 2.12. The van der Waals surface area contributed by atoms with Crippen LogP contribution in [0.25, 0.3) is 10.8 Å². The summed E-state index contributed by atoms with van der Waals surface area (Å²) >= 11 is 0. The van der Waals surface area contributed by atoms with Crippen molar-refractivity contribution in [1.29, 1.82) is 0 Å². The summed E-state index contributed by atoms with van der Waals surface area (Å²) in [7, 11) is 1.57. The van der Waals surface area contributed by atoms with Gasteiger partial charge in [0.2, 0.25) is 0 Å². The quantitative estimate of drug-likeness (QED) is 0.686. The standard InChI is InChI=1S/C20H18N2O3/c1-21-19(24)16-8-4-5-13(9-16)12-22-20(25)17-10-14-6-2-3-7-15(14)11-18(17)23/h2-11,23H,12H2,1H3,(H,21,24)(H,22,25). The Hall–Kier alpha value is -3.34. The largest absolute Gasteiger partial charge is 0.507 e. The molecule has 0 aliphatic heterocycles. The third kappa shape index (κ3) is 3.61. The van der Waals surface area contributed by atoms with Gasteiger partial charge in [0.05, 0.1) is 5.56 Å². The molecule has 5 heteroatoms. The molecule has 2 amide bonds. The molecule has 0 aliphatic carbocycles. The second-order valence-electron chi connectivity index (χ2n) is 5.68. The van der Waals surface area contributed by atoms with Crippen molar-refractivity contribution in [2.75, 3.05) is 7.05 Å². The summed E-state index contributed by atoms with van der Waals surface area (Å²) < 4.78 is 0. The van der Waals surface area contributed by atoms with Gasteiger partial charge in [0, 0.05) is 19.2 Å². The van der Waals surface area contributed by atoms with Crippen LogP contribution in [0.2, 0.25) is 0 Å². The van der Waals surface area contributed by atoms with Crippen LogP contribution >= 0.6 is 0 Å². The molecular formula is C20H18N2O3. The second kappa shape index (κ2) is 7.05. The van der Waals surface area contributed by atoms with Crippen LogP contribution in [0.5, 0.6) is 5.75 Å². The van der Waals surface area contributed by atoms with E-state index in [4.69, 9.17) is 0 Å². The van der Waals surface area contributed by atoms with Crippen molar-refractivity contribution in [2.45, 2.75) is 6.54 Å². The molecule has 3 N–H and O–H groups in total. The minimum Gasteiger partial charge on any atom is -0.507 e. The topological polar surface area (TPSA) is 78.4 Å². The molecular weight excluding hydrogens is 316 g/mol. The summed E-state index contributed by atoms with van der Waals surface area (Å²) in [5, 5.41) is 17.2. The average molecular weight is 334 g/mol. The van der Waals surface area contributed by atoms with E-state index in [2.05, 4.69) is 10.6 Å². The lowest BCUT2D eigenvalue weighted by Crippen LogP contribution is -2.23. The molecule has 0 aromatic heterocycles. The molecule has 0 fully saturated rings. The Bertz CT molecular complexity index is 951. The molecule has 126 valence electrons. The smallest absolute Gasteiger partial charge is 0.255 e. The maximum absolute atomic E-state index is 12.4. The van der Waals surface area contributed by atoms with Crippen molar-refractivity contribution in [3.63, 3.8) is 0 Å². The Kier molecular flexibility index (Phi) is 4.66. The van der Waals surface area contributed by atoms with Crippen molar-refractivity contribution in [1.82, 2.24) is 10.6 Å². The number of fused-ring (bicyclic) bond motifs is 1. The molecule has 0 unspecified atom stereocenters. The lowest BCUT2D eigenvalue weighted by Gasteiger charge is -2.09. The lowest BCUT2D eigenvalue weighted by atomic mass is 10.1. The zero-order valence-electron chi connectivity index (χ0n) is 13.7. The summed E-state index contributed by atoms with van der Waals surface area (Å²) in [6.45, 7) is 0.260. The van der Waals surface area contributed by atoms with Crippen LogP contribution in [-0.2, 0) is 6.54 Å². The van der Waals surface area contributed by atoms with Gasteiger partial charge in [-0.25, -0.2) is 0 Å². The van der Waals surface area contributed by atoms with Crippen LogP contribution < -0.4 is 10.6 Å². The molecule has 25 heavy (non-hydrogen) atoms. The van der Waals surface area contributed by atoms with E-state index in [0.717, 1.165) is 16.3 Å². The summed E-state index contributed by atoms with van der Waals surface area (Å²) in [6.07, 6.45) is 0. The van der Waals surface area contributed by atoms with Crippen LogP contribution in [0, 0.1) is 0 Å². The van der Waals surface area contributed by atoms with Crippen LogP contribution in [0.3, 0.4) is 0 Å². The van der Waals surface area contributed by atoms with Crippen molar-refractivity contribution in [2.24, 2.45) is 0 Å². The number of hydrogen-bond donors (Lipinski definition) is 3. The van der Waals surface area contributed by atoms with Crippen molar-refractivity contribution < 1.29 is 14.7 Å². The number of carbonyl (C=O) groups is 2. The number of phenolic OH excluding ortho intramolecular Hbond substituents is 1. The molecule has 0 aliphatic rings. The molecule has 5 nitrogen and oxygen atoms in total. The molecule has 0 saturated carbocycles. The minimum atomic E-state index is -0.367. The molecule has 3 aromatic rings. The van der Waals surface area contributed by atoms with E-state index in [0.29, 0.717) is 5.56 Å². The molecule has 0 bridgehead atoms. The van der Waals surface area contributed by atoms with Gasteiger partial charge in [0.25, 0.3) is 11.8 Å². The first-order valence-corrected chi connectivity index (χ1v) is 7.89. The number of aromatic hydroxyl groups is 1. The number of nitrogens with one attached hydrogen (secondary N) is 2. The SMILES string of the molecule is CNC(=O)c1cccc(CNC(=O)c2cc3ccccc3cc2O)c1. The van der Waals surface area contributed by atoms with Crippen molar-refractivity contribution in [3.8, 4) is 5.75 Å². The molecule has 3 aromatic carbocycles. The summed E-state index contributed by atoms with van der Waals surface area (Å²) in [6, 6.07) is 17.8. The van der Waals surface area contributed by atoms with Gasteiger partial charge < -0.3 is 15.7 Å². The monoisotopic (exact) mass is 334 g/mol. The van der Waals surface area contributed by atoms with Gasteiger partial charge in [-0.05, 0) is 40.6 Å². The first-order valence-electron chi connectivity index (χ1n) is 7.89. The highest BCUT2D eigenvalue weighted by atomic mass is 16.3. The van der Waals surface area contributed by atoms with E-state index >= 15 is 0 Å². The van der Waals surface area contributed by atoms with E-state index in [1.807, 2.05) is 30.3 Å². The third-order valence-corrected chi connectivity index (χ3v) is 3.98. The molecule has 3 rings (SSSR count). The Labute approximate surface area is 145 Å². The minimum absolute atomic E-state index is 0.0599. The number of hydrogen-bond acceptors (Lipinski definition) is 3. The lowest BCUT2D eigenvalue weighted by molar-refractivity contribution is 0.0946. The highest BCUT2D eigenvalue weighted by molar-refractivity contribution is 6.01. The zero-order valence-corrected chi connectivity index (χ0v) is 13.7. The normalized spacial score (nSPS) is 10.4. The van der Waals surface area contributed by atoms with Gasteiger partial charge in [-0.2, -0.15) is 0 Å². The fourth-order valence-corrected chi connectivity index (χ4v) is 2.65. The summed E-state index contributed by atoms with van der Waals surface area (Å²) in [5.74, 6) is -0.607. The first kappa shape index (κ1) is 16.5. The number of rotatable bonds is 4. The van der Waals surface area contributed by atoms with E-state index < -0.39 is 0 Å². The summed E-state index contributed by atoms with van der Waals surface area (Å²) in [5.41, 5.74) is 1.55. The zero-order chi connectivity index (χ0) is 17.8. The van der Waals surface area contributed by atoms with Gasteiger partial charge in [0.1, 0.15) is 5.75 Å². The second-order valence-corrected chi connectivity index (χ2v) is 5.68. The van der Waals surface area contributed by atoms with Crippen LogP contribution in [0.1, 0.15) is 26.3 Å². The Balaban J connectivity index is 1.77. The molecule has 0 radical (unpaired) electrons. The number of amides is 2. The maximum atomic E-state index is 12.4. The van der Waals surface area contributed by atoms with Gasteiger partial charge in [0.15, 0.2) is 0 Å². The van der Waals surface area contributed by atoms with Crippen molar-refractivity contribution in [3.05, 3.63) is 77.4 Å². The highest BCUT2D eigenvalue weighted by Crippen LogP contribution is 2.24. The van der Waals surface area contributed by atoms with Crippen LogP contribution in [0.15, 0.2) is 60.7 Å². The Morgan fingerprint density at radius 1 is 0.920 bits per heavy atom. The Morgan fingerprint density at radius 3 is 2.36 bits per heavy atom. The van der Waals surface area contributed by atoms with Crippen LogP contribution in [0.4, 0.5) is 0 Å². The van der Waals surface area contributed by atoms with Gasteiger partial charge >= 0.3 is 0 Å². The molecule has 0 atom stereocenters. The summed E-state index contributed by atoms with van der Waals surface area (Å²) in [4.78, 5) is 24.1. The number of phenols is 1. The molecule has 0 saturated heterocycles. The van der Waals surface area contributed by atoms with Gasteiger partial charge in [-0.3, -0.25) is 9.59 Å². The molecule has 0 heterocycles. The predicted octanol–water partition coefficient (Wildman–Crippen LogP) is 2.84. The Morgan fingerprint density at radius 2 is 1.64 bits per heavy atom. The van der Waals surface area contributed by atoms with Gasteiger partial charge in [-0.15, -0.1) is 0 Å². The van der Waals surface area contributed by atoms with E-state index in [1.165, 1.54) is 0 Å². The fraction of sp³-hybridized carbons (Fsp3) is 0.100. The number of carbonyl (C=O) groups excluding carboxylic acids is 2. The van der Waals surface area contributed by atoms with E-state index in [1.54, 1.807) is 37.4 Å². The maximum Gasteiger partial charge on any atom is 0.255 e. The predicted molar refractivity (Wildman–Crippen MR) is 96.6 cm³/mol. The number of benzene rings is 3. The molecule has 0 spiro atoms. The van der Waals surface area contributed by atoms with Crippen molar-refractivity contribution >= 4 is 22.6 Å². The van der Waals surface area contributed by atoms with Crippen LogP contribution in [-0.4, -0.2) is 24.0 Å². The van der Waals surface area contributed by atoms with E-state index in [9.17, 15) is 14.7 Å². The first-order chi connectivity index (χ1) is 12.1. The fourth-order valence-electron chi connectivity index (χ4n) is 2.65. The van der Waals surface area contributed by atoms with E-state index in [-0.39, 0.29) is 29.7 Å².